The van der Waals surface area contributed by atoms with Gasteiger partial charge in [-0.25, -0.2) is 14.8 Å². The Hall–Kier alpha value is -3.43. The van der Waals surface area contributed by atoms with E-state index in [9.17, 15) is 8.78 Å². The van der Waals surface area contributed by atoms with Gasteiger partial charge in [0, 0.05) is 24.7 Å². The van der Waals surface area contributed by atoms with Crippen molar-refractivity contribution in [3.05, 3.63) is 59.8 Å². The maximum Gasteiger partial charge on any atom is 0.308 e. The van der Waals surface area contributed by atoms with E-state index in [-0.39, 0.29) is 12.2 Å². The molecule has 10 heteroatoms. The number of hydrogen-bond donors (Lipinski definition) is 1. The van der Waals surface area contributed by atoms with Gasteiger partial charge in [0.05, 0.1) is 12.2 Å². The number of tetrazole rings is 1. The van der Waals surface area contributed by atoms with Crippen LogP contribution in [0.2, 0.25) is 0 Å². The molecule has 0 aliphatic heterocycles. The highest BCUT2D eigenvalue weighted by molar-refractivity contribution is 5.54. The van der Waals surface area contributed by atoms with E-state index >= 15 is 0 Å². The first-order valence-corrected chi connectivity index (χ1v) is 10.8. The molecule has 0 radical (unpaired) electrons. The van der Waals surface area contributed by atoms with Crippen LogP contribution in [0, 0.1) is 0 Å². The number of halogens is 2. The lowest BCUT2D eigenvalue weighted by Crippen LogP contribution is -2.15. The van der Waals surface area contributed by atoms with E-state index in [1.807, 2.05) is 47.2 Å². The lowest BCUT2D eigenvalue weighted by Gasteiger charge is -2.11. The fraction of sp³-hybridized carbons (Fsp3) is 0.409. The summed E-state index contributed by atoms with van der Waals surface area (Å²) in [5, 5.41) is 18.2. The average molecular weight is 441 g/mol. The van der Waals surface area contributed by atoms with Gasteiger partial charge in [-0.15, -0.1) is 10.2 Å². The number of hydrogen-bond acceptors (Lipinski definition) is 5. The van der Waals surface area contributed by atoms with Crippen molar-refractivity contribution < 1.29 is 8.78 Å². The smallest absolute Gasteiger partial charge is 0.308 e. The number of nitrogens with one attached hydrogen (secondary N) is 1. The Morgan fingerprint density at radius 1 is 1.06 bits per heavy atom. The highest BCUT2D eigenvalue weighted by atomic mass is 19.3. The number of aromatic nitrogens is 8. The number of H-pyrrole nitrogens is 1. The highest BCUT2D eigenvalue weighted by Crippen LogP contribution is 2.31. The van der Waals surface area contributed by atoms with Crippen LogP contribution in [0.15, 0.2) is 42.6 Å². The van der Waals surface area contributed by atoms with Gasteiger partial charge in [0.2, 0.25) is 5.82 Å². The zero-order valence-electron chi connectivity index (χ0n) is 18.2. The lowest BCUT2D eigenvalue weighted by atomic mass is 10.2. The van der Waals surface area contributed by atoms with Gasteiger partial charge in [0.15, 0.2) is 5.82 Å². The number of rotatable bonds is 10. The van der Waals surface area contributed by atoms with Crippen LogP contribution in [0.1, 0.15) is 56.7 Å². The molecular formula is C22H26F2N8. The second-order valence-corrected chi connectivity index (χ2v) is 7.75. The largest absolute Gasteiger partial charge is 0.314 e. The fourth-order valence-corrected chi connectivity index (χ4v) is 3.60. The summed E-state index contributed by atoms with van der Waals surface area (Å²) in [5.74, 6) is -2.21. The predicted octanol–water partition coefficient (Wildman–Crippen LogP) is 4.53. The van der Waals surface area contributed by atoms with E-state index in [4.69, 9.17) is 0 Å². The van der Waals surface area contributed by atoms with Crippen LogP contribution in [0.3, 0.4) is 0 Å². The van der Waals surface area contributed by atoms with Crippen LogP contribution in [0.25, 0.3) is 17.2 Å². The summed E-state index contributed by atoms with van der Waals surface area (Å²) < 4.78 is 32.4. The Morgan fingerprint density at radius 2 is 1.88 bits per heavy atom. The minimum absolute atomic E-state index is 0.251. The SMILES string of the molecule is CCCCc1nc(C(F)(F)CCC)nn1Cc1ccc(-n2cccc2-c2nnn[nH]2)cc1. The van der Waals surface area contributed by atoms with E-state index in [1.54, 1.807) is 11.6 Å². The van der Waals surface area contributed by atoms with E-state index in [1.165, 1.54) is 0 Å². The molecule has 4 aromatic rings. The number of benzene rings is 1. The number of aromatic amines is 1. The third-order valence-corrected chi connectivity index (χ3v) is 5.28. The number of aryl methyl sites for hydroxylation is 1. The molecule has 3 aromatic heterocycles. The van der Waals surface area contributed by atoms with E-state index < -0.39 is 5.92 Å². The van der Waals surface area contributed by atoms with Crippen LogP contribution < -0.4 is 0 Å². The molecule has 8 nitrogen and oxygen atoms in total. The quantitative estimate of drug-likeness (QED) is 0.391. The molecule has 32 heavy (non-hydrogen) atoms. The lowest BCUT2D eigenvalue weighted by molar-refractivity contribution is -0.0232. The first-order chi connectivity index (χ1) is 15.5. The second-order valence-electron chi connectivity index (χ2n) is 7.75. The molecule has 0 amide bonds. The number of nitrogens with zero attached hydrogens (tertiary/aromatic N) is 7. The van der Waals surface area contributed by atoms with E-state index in [0.717, 1.165) is 29.8 Å². The molecule has 0 fully saturated rings. The van der Waals surface area contributed by atoms with Crippen molar-refractivity contribution in [1.29, 1.82) is 0 Å². The molecule has 0 aliphatic rings. The molecule has 0 saturated heterocycles. The first-order valence-electron chi connectivity index (χ1n) is 10.8. The van der Waals surface area contributed by atoms with Gasteiger partial charge in [-0.2, -0.15) is 8.78 Å². The summed E-state index contributed by atoms with van der Waals surface area (Å²) in [6.07, 6.45) is 4.51. The minimum Gasteiger partial charge on any atom is -0.314 e. The van der Waals surface area contributed by atoms with Gasteiger partial charge in [-0.1, -0.05) is 32.4 Å². The van der Waals surface area contributed by atoms with Crippen LogP contribution >= 0.6 is 0 Å². The molecule has 3 heterocycles. The Bertz CT molecular complexity index is 1130. The van der Waals surface area contributed by atoms with Gasteiger partial charge in [-0.3, -0.25) is 0 Å². The van der Waals surface area contributed by atoms with Crippen molar-refractivity contribution in [2.75, 3.05) is 0 Å². The van der Waals surface area contributed by atoms with Crippen LogP contribution in [-0.2, 0) is 18.9 Å². The summed E-state index contributed by atoms with van der Waals surface area (Å²) in [6, 6.07) is 11.7. The Balaban J connectivity index is 1.57. The summed E-state index contributed by atoms with van der Waals surface area (Å²) >= 11 is 0. The maximum absolute atomic E-state index is 14.4. The van der Waals surface area contributed by atoms with Crippen molar-refractivity contribution in [2.24, 2.45) is 0 Å². The number of alkyl halides is 2. The Morgan fingerprint density at radius 3 is 2.56 bits per heavy atom. The third-order valence-electron chi connectivity index (χ3n) is 5.28. The molecule has 0 spiro atoms. The molecular weight excluding hydrogens is 414 g/mol. The predicted molar refractivity (Wildman–Crippen MR) is 115 cm³/mol. The maximum atomic E-state index is 14.4. The molecule has 4 rings (SSSR count). The molecule has 1 aromatic carbocycles. The van der Waals surface area contributed by atoms with Gasteiger partial charge in [0.1, 0.15) is 5.82 Å². The Kier molecular flexibility index (Phi) is 6.38. The molecule has 0 atom stereocenters. The van der Waals surface area contributed by atoms with Gasteiger partial charge < -0.3 is 4.57 Å². The van der Waals surface area contributed by atoms with E-state index in [2.05, 4.69) is 37.6 Å². The zero-order chi connectivity index (χ0) is 22.6. The Labute approximate surface area is 184 Å². The second kappa shape index (κ2) is 9.37. The molecule has 0 aliphatic carbocycles. The topological polar surface area (TPSA) is 90.1 Å². The van der Waals surface area contributed by atoms with Gasteiger partial charge in [0.25, 0.3) is 0 Å². The highest BCUT2D eigenvalue weighted by Gasteiger charge is 2.36. The van der Waals surface area contributed by atoms with E-state index in [0.29, 0.717) is 31.0 Å². The molecule has 0 bridgehead atoms. The first kappa shape index (κ1) is 21.8. The van der Waals surface area contributed by atoms with Crippen molar-refractivity contribution >= 4 is 0 Å². The average Bonchev–Trinajstić information content (AvgIpc) is 3.53. The summed E-state index contributed by atoms with van der Waals surface area (Å²) in [4.78, 5) is 4.21. The summed E-state index contributed by atoms with van der Waals surface area (Å²) in [7, 11) is 0. The van der Waals surface area contributed by atoms with Gasteiger partial charge in [-0.05, 0) is 53.1 Å². The third kappa shape index (κ3) is 4.58. The van der Waals surface area contributed by atoms with Crippen LogP contribution in [-0.4, -0.2) is 40.0 Å². The van der Waals surface area contributed by atoms with Gasteiger partial charge >= 0.3 is 5.92 Å². The normalized spacial score (nSPS) is 11.9. The van der Waals surface area contributed by atoms with Crippen molar-refractivity contribution in [1.82, 2.24) is 40.0 Å². The monoisotopic (exact) mass is 440 g/mol. The fourth-order valence-electron chi connectivity index (χ4n) is 3.60. The van der Waals surface area contributed by atoms with Crippen molar-refractivity contribution in [3.63, 3.8) is 0 Å². The van der Waals surface area contributed by atoms with Crippen LogP contribution in [0.5, 0.6) is 0 Å². The summed E-state index contributed by atoms with van der Waals surface area (Å²) in [5.41, 5.74) is 2.73. The summed E-state index contributed by atoms with van der Waals surface area (Å²) in [6.45, 7) is 4.19. The van der Waals surface area contributed by atoms with Crippen molar-refractivity contribution in [3.8, 4) is 17.2 Å². The zero-order valence-corrected chi connectivity index (χ0v) is 18.2. The molecule has 168 valence electrons. The standard InChI is InChI=1S/C22H26F2N8/c1-3-5-8-19-25-21(22(23,24)13-4-2)28-32(19)15-16-9-11-17(12-10-16)31-14-6-7-18(31)20-26-29-30-27-20/h6-7,9-12,14H,3-5,8,13,15H2,1-2H3,(H,26,27,29,30). The molecule has 1 N–H and O–H groups in total. The molecule has 0 unspecified atom stereocenters. The molecule has 0 saturated carbocycles. The minimum atomic E-state index is -3.01. The number of unbranched alkanes of at least 4 members (excludes halogenated alkanes) is 1. The van der Waals surface area contributed by atoms with Crippen molar-refractivity contribution in [2.45, 2.75) is 58.4 Å². The van der Waals surface area contributed by atoms with Crippen LogP contribution in [0.4, 0.5) is 8.78 Å².